The molecule has 27 heavy (non-hydrogen) atoms. The summed E-state index contributed by atoms with van der Waals surface area (Å²) in [5, 5.41) is 10.3. The van der Waals surface area contributed by atoms with Crippen LogP contribution in [0.3, 0.4) is 0 Å². The highest BCUT2D eigenvalue weighted by molar-refractivity contribution is 5.74. The molecule has 0 N–H and O–H groups in total. The zero-order valence-corrected chi connectivity index (χ0v) is 14.9. The van der Waals surface area contributed by atoms with E-state index < -0.39 is 47.8 Å². The maximum Gasteiger partial charge on any atom is 0.470 e. The topological polar surface area (TPSA) is 105 Å². The van der Waals surface area contributed by atoms with Gasteiger partial charge in [-0.15, -0.1) is 10.2 Å². The highest BCUT2D eigenvalue weighted by Gasteiger charge is 2.38. The van der Waals surface area contributed by atoms with Crippen LogP contribution in [-0.4, -0.2) is 36.1 Å². The van der Waals surface area contributed by atoms with Crippen LogP contribution in [0.1, 0.15) is 57.3 Å². The normalized spacial score (nSPS) is 17.6. The summed E-state index contributed by atoms with van der Waals surface area (Å²) in [6.45, 7) is 4.72. The van der Waals surface area contributed by atoms with Crippen molar-refractivity contribution in [3.8, 4) is 0 Å². The van der Waals surface area contributed by atoms with E-state index in [-0.39, 0.29) is 0 Å². The minimum Gasteiger partial charge on any atom is -0.458 e. The number of rotatable bonds is 3. The number of esters is 1. The van der Waals surface area contributed by atoms with Crippen LogP contribution in [0.2, 0.25) is 0 Å². The van der Waals surface area contributed by atoms with E-state index in [9.17, 15) is 22.8 Å². The van der Waals surface area contributed by atoms with Crippen molar-refractivity contribution in [1.29, 1.82) is 0 Å². The quantitative estimate of drug-likeness (QED) is 0.736. The molecule has 0 aromatic carbocycles. The Morgan fingerprint density at radius 3 is 2.59 bits per heavy atom. The van der Waals surface area contributed by atoms with Crippen molar-refractivity contribution in [3.63, 3.8) is 0 Å². The van der Waals surface area contributed by atoms with Gasteiger partial charge in [-0.25, -0.2) is 14.3 Å². The number of nitrogens with zero attached hydrogens (tertiary/aromatic N) is 5. The van der Waals surface area contributed by atoms with Gasteiger partial charge < -0.3 is 9.15 Å². The van der Waals surface area contributed by atoms with Crippen LogP contribution in [0.15, 0.2) is 9.21 Å². The van der Waals surface area contributed by atoms with Gasteiger partial charge in [0.2, 0.25) is 5.89 Å². The zero-order valence-electron chi connectivity index (χ0n) is 14.9. The van der Waals surface area contributed by atoms with Gasteiger partial charge in [-0.3, -0.25) is 4.57 Å². The fourth-order valence-electron chi connectivity index (χ4n) is 2.79. The lowest BCUT2D eigenvalue weighted by molar-refractivity contribution is -0.160. The first kappa shape index (κ1) is 19.1. The van der Waals surface area contributed by atoms with E-state index in [0.29, 0.717) is 25.1 Å². The summed E-state index contributed by atoms with van der Waals surface area (Å²) in [5.74, 6) is -2.10. The first-order chi connectivity index (χ1) is 12.5. The van der Waals surface area contributed by atoms with E-state index in [4.69, 9.17) is 4.74 Å². The minimum atomic E-state index is -4.77. The molecule has 0 fully saturated rings. The van der Waals surface area contributed by atoms with Crippen molar-refractivity contribution in [2.45, 2.75) is 64.4 Å². The molecule has 0 saturated heterocycles. The Balaban J connectivity index is 1.88. The Kier molecular flexibility index (Phi) is 4.60. The second kappa shape index (κ2) is 6.50. The molecule has 0 spiro atoms. The van der Waals surface area contributed by atoms with Crippen molar-refractivity contribution < 1.29 is 27.1 Å². The van der Waals surface area contributed by atoms with E-state index in [1.165, 1.54) is 4.57 Å². The lowest BCUT2D eigenvalue weighted by Crippen LogP contribution is -2.38. The second-order valence-electron chi connectivity index (χ2n) is 7.17. The lowest BCUT2D eigenvalue weighted by Gasteiger charge is -2.26. The molecule has 2 aromatic rings. The van der Waals surface area contributed by atoms with Crippen molar-refractivity contribution >= 4 is 5.97 Å². The molecule has 1 aliphatic rings. The molecule has 1 atom stereocenters. The number of ether oxygens (including phenoxy) is 1. The minimum absolute atomic E-state index is 0.359. The van der Waals surface area contributed by atoms with Gasteiger partial charge in [0, 0.05) is 6.42 Å². The van der Waals surface area contributed by atoms with Gasteiger partial charge in [0.25, 0.3) is 0 Å². The zero-order chi connectivity index (χ0) is 20.0. The molecule has 0 unspecified atom stereocenters. The van der Waals surface area contributed by atoms with Crippen molar-refractivity contribution in [3.05, 3.63) is 28.1 Å². The van der Waals surface area contributed by atoms with E-state index in [1.807, 2.05) is 0 Å². The molecule has 2 aromatic heterocycles. The number of halogens is 3. The second-order valence-corrected chi connectivity index (χ2v) is 7.17. The van der Waals surface area contributed by atoms with Crippen molar-refractivity contribution in [2.24, 2.45) is 0 Å². The molecule has 0 radical (unpaired) electrons. The number of hydrogen-bond donors (Lipinski definition) is 0. The van der Waals surface area contributed by atoms with Crippen LogP contribution in [0.4, 0.5) is 13.2 Å². The summed E-state index contributed by atoms with van der Waals surface area (Å²) in [7, 11) is 0. The standard InChI is InChI=1S/C15H18F3N5O4/c1-14(2,3)27-11(24)8-5-4-6-9-21-22(13(25)23(8)9)7-10-19-20-12(26-10)15(16,17)18/h8H,4-7H2,1-3H3/t8-/m0/s1. The van der Waals surface area contributed by atoms with Crippen LogP contribution in [-0.2, 0) is 28.7 Å². The first-order valence-electron chi connectivity index (χ1n) is 8.26. The summed E-state index contributed by atoms with van der Waals surface area (Å²) in [4.78, 5) is 25.1. The first-order valence-corrected chi connectivity index (χ1v) is 8.26. The number of fused-ring (bicyclic) bond motifs is 1. The number of carbonyl (C=O) groups excluding carboxylic acids is 1. The molecule has 0 saturated carbocycles. The van der Waals surface area contributed by atoms with Crippen LogP contribution in [0.5, 0.6) is 0 Å². The number of alkyl halides is 3. The molecular weight excluding hydrogens is 371 g/mol. The van der Waals surface area contributed by atoms with Gasteiger partial charge in [0.15, 0.2) is 0 Å². The summed E-state index contributed by atoms with van der Waals surface area (Å²) < 4.78 is 49.6. The summed E-state index contributed by atoms with van der Waals surface area (Å²) in [6.07, 6.45) is -3.28. The van der Waals surface area contributed by atoms with Crippen LogP contribution in [0.25, 0.3) is 0 Å². The van der Waals surface area contributed by atoms with Gasteiger partial charge in [0.1, 0.15) is 24.0 Å². The molecule has 0 amide bonds. The van der Waals surface area contributed by atoms with Crippen LogP contribution >= 0.6 is 0 Å². The number of hydrogen-bond acceptors (Lipinski definition) is 7. The molecule has 3 heterocycles. The van der Waals surface area contributed by atoms with Gasteiger partial charge in [-0.1, -0.05) is 0 Å². The summed E-state index contributed by atoms with van der Waals surface area (Å²) in [5.41, 5.74) is -1.36. The average molecular weight is 389 g/mol. The highest BCUT2D eigenvalue weighted by atomic mass is 19.4. The van der Waals surface area contributed by atoms with Gasteiger partial charge >= 0.3 is 23.7 Å². The molecule has 148 valence electrons. The van der Waals surface area contributed by atoms with E-state index in [1.54, 1.807) is 20.8 Å². The van der Waals surface area contributed by atoms with Gasteiger partial charge in [-0.2, -0.15) is 18.3 Å². The van der Waals surface area contributed by atoms with Crippen molar-refractivity contribution in [1.82, 2.24) is 24.5 Å². The Morgan fingerprint density at radius 1 is 1.30 bits per heavy atom. The smallest absolute Gasteiger partial charge is 0.458 e. The monoisotopic (exact) mass is 389 g/mol. The third kappa shape index (κ3) is 4.03. The Labute approximate surface area is 151 Å². The van der Waals surface area contributed by atoms with E-state index in [0.717, 1.165) is 4.68 Å². The molecular formula is C15H18F3N5O4. The Hall–Kier alpha value is -2.66. The predicted octanol–water partition coefficient (Wildman–Crippen LogP) is 1.71. The van der Waals surface area contributed by atoms with Crippen LogP contribution in [0, 0.1) is 0 Å². The fraction of sp³-hybridized carbons (Fsp3) is 0.667. The maximum atomic E-state index is 12.6. The summed E-state index contributed by atoms with van der Waals surface area (Å²) >= 11 is 0. The maximum absolute atomic E-state index is 12.6. The molecule has 0 aliphatic carbocycles. The molecule has 12 heteroatoms. The molecule has 9 nitrogen and oxygen atoms in total. The predicted molar refractivity (Wildman–Crippen MR) is 82.7 cm³/mol. The molecule has 1 aliphatic heterocycles. The van der Waals surface area contributed by atoms with Crippen molar-refractivity contribution in [2.75, 3.05) is 0 Å². The molecule has 3 rings (SSSR count). The Bertz CT molecular complexity index is 906. The summed E-state index contributed by atoms with van der Waals surface area (Å²) in [6, 6.07) is -0.831. The van der Waals surface area contributed by atoms with Crippen LogP contribution < -0.4 is 5.69 Å². The van der Waals surface area contributed by atoms with E-state index >= 15 is 0 Å². The van der Waals surface area contributed by atoms with Gasteiger partial charge in [-0.05, 0) is 33.6 Å². The number of carbonyl (C=O) groups is 1. The average Bonchev–Trinajstić information content (AvgIpc) is 3.11. The van der Waals surface area contributed by atoms with E-state index in [2.05, 4.69) is 19.7 Å². The largest absolute Gasteiger partial charge is 0.470 e. The highest BCUT2D eigenvalue weighted by Crippen LogP contribution is 2.28. The number of aryl methyl sites for hydroxylation is 1. The molecule has 0 bridgehead atoms. The van der Waals surface area contributed by atoms with Gasteiger partial charge in [0.05, 0.1) is 0 Å². The number of aromatic nitrogens is 5. The Morgan fingerprint density at radius 2 is 2.00 bits per heavy atom. The lowest BCUT2D eigenvalue weighted by atomic mass is 10.0. The SMILES string of the molecule is CC(C)(C)OC(=O)[C@@H]1CCCc2nn(Cc3nnc(C(F)(F)F)o3)c(=O)n21. The third-order valence-electron chi connectivity index (χ3n) is 3.80. The fourth-order valence-corrected chi connectivity index (χ4v) is 2.79. The third-order valence-corrected chi connectivity index (χ3v) is 3.80.